The first-order valence-electron chi connectivity index (χ1n) is 6.04. The Balaban J connectivity index is 2.30. The Labute approximate surface area is 101 Å². The van der Waals surface area contributed by atoms with Crippen molar-refractivity contribution in [2.75, 3.05) is 6.54 Å². The van der Waals surface area contributed by atoms with Crippen LogP contribution in [0.3, 0.4) is 0 Å². The van der Waals surface area contributed by atoms with Crippen LogP contribution in [0.25, 0.3) is 0 Å². The lowest BCUT2D eigenvalue weighted by atomic mass is 9.78. The molecular formula is C13H17NO3. The van der Waals surface area contributed by atoms with E-state index in [1.807, 2.05) is 6.92 Å². The van der Waals surface area contributed by atoms with Gasteiger partial charge in [-0.3, -0.25) is 19.3 Å². The van der Waals surface area contributed by atoms with Gasteiger partial charge < -0.3 is 0 Å². The van der Waals surface area contributed by atoms with Crippen molar-refractivity contribution in [3.05, 3.63) is 12.7 Å². The molecule has 0 N–H and O–H groups in total. The summed E-state index contributed by atoms with van der Waals surface area (Å²) in [6, 6.07) is 0. The Hall–Kier alpha value is -1.45. The van der Waals surface area contributed by atoms with Gasteiger partial charge in [-0.25, -0.2) is 0 Å². The fourth-order valence-electron chi connectivity index (χ4n) is 3.01. The molecule has 0 spiro atoms. The number of piperidine rings is 1. The van der Waals surface area contributed by atoms with Crippen molar-refractivity contribution < 1.29 is 14.4 Å². The normalized spacial score (nSPS) is 31.8. The molecule has 1 saturated heterocycles. The number of carbonyl (C=O) groups is 3. The van der Waals surface area contributed by atoms with Crippen LogP contribution in [-0.4, -0.2) is 29.0 Å². The largest absolute Gasteiger partial charge is 0.298 e. The highest BCUT2D eigenvalue weighted by atomic mass is 16.2. The number of hydrogen-bond acceptors (Lipinski definition) is 3. The molecule has 0 aromatic carbocycles. The molecule has 1 aliphatic carbocycles. The van der Waals surface area contributed by atoms with Crippen LogP contribution in [0.15, 0.2) is 12.7 Å². The van der Waals surface area contributed by atoms with E-state index in [2.05, 4.69) is 6.58 Å². The van der Waals surface area contributed by atoms with E-state index in [-0.39, 0.29) is 29.9 Å². The van der Waals surface area contributed by atoms with Crippen molar-refractivity contribution in [2.45, 2.75) is 32.6 Å². The number of rotatable bonds is 3. The second-order valence-electron chi connectivity index (χ2n) is 4.94. The third-order valence-electron chi connectivity index (χ3n) is 3.96. The van der Waals surface area contributed by atoms with Gasteiger partial charge in [-0.1, -0.05) is 13.0 Å². The number of hydrogen-bond donors (Lipinski definition) is 0. The molecule has 1 saturated carbocycles. The minimum atomic E-state index is -0.903. The molecule has 1 heterocycles. The quantitative estimate of drug-likeness (QED) is 0.547. The third-order valence-corrected chi connectivity index (χ3v) is 3.96. The first-order valence-corrected chi connectivity index (χ1v) is 6.04. The standard InChI is InChI=1S/C13H17NO3/c1-3-5-11(16)14-8-9-6-10(15)13(4-2,7-9)12(14)17/h3,9H,1,4-8H2,2H3. The van der Waals surface area contributed by atoms with E-state index in [0.717, 1.165) is 0 Å². The SMILES string of the molecule is C=CCC(=O)N1CC2CC(=O)C(CC)(C2)C1=O. The smallest absolute Gasteiger partial charge is 0.242 e. The molecule has 92 valence electrons. The van der Waals surface area contributed by atoms with Gasteiger partial charge in [-0.2, -0.15) is 0 Å². The maximum absolute atomic E-state index is 12.3. The number of likely N-dealkylation sites (tertiary alicyclic amines) is 1. The Morgan fingerprint density at radius 1 is 1.59 bits per heavy atom. The molecule has 0 aromatic heterocycles. The average Bonchev–Trinajstić information content (AvgIpc) is 2.58. The molecule has 4 heteroatoms. The predicted octanol–water partition coefficient (Wildman–Crippen LogP) is 1.31. The summed E-state index contributed by atoms with van der Waals surface area (Å²) in [5, 5.41) is 0. The summed E-state index contributed by atoms with van der Waals surface area (Å²) in [7, 11) is 0. The first kappa shape index (κ1) is 12.0. The van der Waals surface area contributed by atoms with Crippen LogP contribution >= 0.6 is 0 Å². The highest BCUT2D eigenvalue weighted by molar-refractivity contribution is 6.13. The summed E-state index contributed by atoms with van der Waals surface area (Å²) >= 11 is 0. The molecule has 2 rings (SSSR count). The highest BCUT2D eigenvalue weighted by Gasteiger charge is 2.57. The second-order valence-corrected chi connectivity index (χ2v) is 4.94. The van der Waals surface area contributed by atoms with Gasteiger partial charge in [-0.05, 0) is 18.8 Å². The lowest BCUT2D eigenvalue weighted by Crippen LogP contribution is -2.52. The monoisotopic (exact) mass is 235 g/mol. The minimum absolute atomic E-state index is 0.0175. The Morgan fingerprint density at radius 2 is 2.29 bits per heavy atom. The van der Waals surface area contributed by atoms with E-state index >= 15 is 0 Å². The molecular weight excluding hydrogens is 218 g/mol. The first-order chi connectivity index (χ1) is 8.05. The van der Waals surface area contributed by atoms with E-state index in [4.69, 9.17) is 0 Å². The van der Waals surface area contributed by atoms with Crippen molar-refractivity contribution in [3.8, 4) is 0 Å². The number of imide groups is 1. The molecule has 2 fully saturated rings. The summed E-state index contributed by atoms with van der Waals surface area (Å²) in [6.45, 7) is 5.75. The van der Waals surface area contributed by atoms with Crippen molar-refractivity contribution >= 4 is 17.6 Å². The van der Waals surface area contributed by atoms with Gasteiger partial charge in [0.1, 0.15) is 11.2 Å². The van der Waals surface area contributed by atoms with Crippen LogP contribution in [0.5, 0.6) is 0 Å². The zero-order valence-electron chi connectivity index (χ0n) is 10.1. The average molecular weight is 235 g/mol. The molecule has 2 aliphatic rings. The molecule has 2 bridgehead atoms. The van der Waals surface area contributed by atoms with Gasteiger partial charge >= 0.3 is 0 Å². The van der Waals surface area contributed by atoms with Gasteiger partial charge in [0.15, 0.2) is 0 Å². The predicted molar refractivity (Wildman–Crippen MR) is 62.0 cm³/mol. The third kappa shape index (κ3) is 1.63. The molecule has 2 unspecified atom stereocenters. The summed E-state index contributed by atoms with van der Waals surface area (Å²) in [5.74, 6) is -0.342. The molecule has 2 atom stereocenters. The maximum Gasteiger partial charge on any atom is 0.242 e. The van der Waals surface area contributed by atoms with Crippen molar-refractivity contribution in [3.63, 3.8) is 0 Å². The van der Waals surface area contributed by atoms with Crippen molar-refractivity contribution in [1.82, 2.24) is 4.90 Å². The van der Waals surface area contributed by atoms with Crippen LogP contribution in [0.4, 0.5) is 0 Å². The zero-order chi connectivity index (χ0) is 12.6. The van der Waals surface area contributed by atoms with E-state index in [9.17, 15) is 14.4 Å². The number of fused-ring (bicyclic) bond motifs is 2. The van der Waals surface area contributed by atoms with Crippen LogP contribution in [-0.2, 0) is 14.4 Å². The van der Waals surface area contributed by atoms with Gasteiger partial charge in [0.2, 0.25) is 11.8 Å². The fourth-order valence-corrected chi connectivity index (χ4v) is 3.01. The van der Waals surface area contributed by atoms with Gasteiger partial charge in [0.25, 0.3) is 0 Å². The Bertz CT molecular complexity index is 401. The Morgan fingerprint density at radius 3 is 2.88 bits per heavy atom. The topological polar surface area (TPSA) is 54.5 Å². The van der Waals surface area contributed by atoms with E-state index in [0.29, 0.717) is 25.8 Å². The van der Waals surface area contributed by atoms with Crippen LogP contribution in [0, 0.1) is 11.3 Å². The second kappa shape index (κ2) is 4.09. The molecule has 0 aromatic rings. The van der Waals surface area contributed by atoms with E-state index in [1.54, 1.807) is 0 Å². The summed E-state index contributed by atoms with van der Waals surface area (Å²) in [6.07, 6.45) is 3.22. The van der Waals surface area contributed by atoms with Gasteiger partial charge in [-0.15, -0.1) is 6.58 Å². The molecule has 4 nitrogen and oxygen atoms in total. The molecule has 0 radical (unpaired) electrons. The van der Waals surface area contributed by atoms with E-state index < -0.39 is 5.41 Å². The zero-order valence-corrected chi connectivity index (χ0v) is 10.1. The van der Waals surface area contributed by atoms with Gasteiger partial charge in [0.05, 0.1) is 0 Å². The van der Waals surface area contributed by atoms with Crippen molar-refractivity contribution in [2.24, 2.45) is 11.3 Å². The number of carbonyl (C=O) groups excluding carboxylic acids is 3. The van der Waals surface area contributed by atoms with Gasteiger partial charge in [0, 0.05) is 19.4 Å². The number of Topliss-reactive ketones (excluding diaryl/α,β-unsaturated/α-hetero) is 1. The van der Waals surface area contributed by atoms with Crippen LogP contribution in [0.1, 0.15) is 32.6 Å². The summed E-state index contributed by atoms with van der Waals surface area (Å²) in [4.78, 5) is 37.4. The summed E-state index contributed by atoms with van der Waals surface area (Å²) < 4.78 is 0. The molecule has 2 amide bonds. The number of nitrogens with zero attached hydrogens (tertiary/aromatic N) is 1. The molecule has 17 heavy (non-hydrogen) atoms. The number of ketones is 1. The summed E-state index contributed by atoms with van der Waals surface area (Å²) in [5.41, 5.74) is -0.903. The molecule has 1 aliphatic heterocycles. The van der Waals surface area contributed by atoms with Crippen LogP contribution < -0.4 is 0 Å². The maximum atomic E-state index is 12.3. The highest BCUT2D eigenvalue weighted by Crippen LogP contribution is 2.46. The lowest BCUT2D eigenvalue weighted by Gasteiger charge is -2.36. The fraction of sp³-hybridized carbons (Fsp3) is 0.615. The van der Waals surface area contributed by atoms with E-state index in [1.165, 1.54) is 11.0 Å². The lowest BCUT2D eigenvalue weighted by molar-refractivity contribution is -0.156. The van der Waals surface area contributed by atoms with Crippen molar-refractivity contribution in [1.29, 1.82) is 0 Å². The minimum Gasteiger partial charge on any atom is -0.298 e. The van der Waals surface area contributed by atoms with Crippen LogP contribution in [0.2, 0.25) is 0 Å². The Kier molecular flexibility index (Phi) is 2.89. The number of amides is 2.